The Morgan fingerprint density at radius 1 is 1.31 bits per heavy atom. The van der Waals surface area contributed by atoms with Gasteiger partial charge in [-0.1, -0.05) is 32.0 Å². The fourth-order valence-electron chi connectivity index (χ4n) is 3.40. The first-order valence-corrected chi connectivity index (χ1v) is 7.12. The fraction of sp³-hybridized carbons (Fsp3) is 0.923. The molecule has 2 rings (SSSR count). The summed E-state index contributed by atoms with van der Waals surface area (Å²) in [6.07, 6.45) is 8.52. The van der Waals surface area contributed by atoms with Crippen LogP contribution in [0.1, 0.15) is 45.4 Å². The van der Waals surface area contributed by atoms with Crippen LogP contribution in [0.15, 0.2) is 0 Å². The molecule has 1 heterocycles. The first-order chi connectivity index (χ1) is 7.68. The van der Waals surface area contributed by atoms with Crippen LogP contribution in [0.3, 0.4) is 0 Å². The minimum atomic E-state index is 0.371. The molecular weight excluding hydrogens is 216 g/mol. The summed E-state index contributed by atoms with van der Waals surface area (Å²) in [6.45, 7) is 4.50. The summed E-state index contributed by atoms with van der Waals surface area (Å²) in [5.41, 5.74) is 5.73. The summed E-state index contributed by atoms with van der Waals surface area (Å²) in [7, 11) is 0. The zero-order valence-electron chi connectivity index (χ0n) is 10.3. The third-order valence-electron chi connectivity index (χ3n) is 4.35. The van der Waals surface area contributed by atoms with Crippen molar-refractivity contribution in [1.29, 1.82) is 0 Å². The molecule has 0 bridgehead atoms. The van der Waals surface area contributed by atoms with Crippen LogP contribution in [0.25, 0.3) is 0 Å². The van der Waals surface area contributed by atoms with Gasteiger partial charge in [0.1, 0.15) is 0 Å². The van der Waals surface area contributed by atoms with Crippen molar-refractivity contribution in [1.82, 2.24) is 4.90 Å². The van der Waals surface area contributed by atoms with Crippen LogP contribution in [0.4, 0.5) is 0 Å². The first kappa shape index (κ1) is 12.3. The Morgan fingerprint density at radius 3 is 2.75 bits per heavy atom. The van der Waals surface area contributed by atoms with E-state index in [1.807, 2.05) is 0 Å². The van der Waals surface area contributed by atoms with E-state index in [9.17, 15) is 0 Å². The maximum absolute atomic E-state index is 5.73. The number of piperidine rings is 1. The lowest BCUT2D eigenvalue weighted by Gasteiger charge is -2.45. The number of nitrogens with two attached hydrogens (primary N) is 1. The van der Waals surface area contributed by atoms with Crippen LogP contribution >= 0.6 is 12.2 Å². The zero-order chi connectivity index (χ0) is 11.5. The molecule has 1 saturated heterocycles. The molecular formula is C13H24N2S. The molecule has 1 aliphatic carbocycles. The van der Waals surface area contributed by atoms with Gasteiger partial charge in [-0.25, -0.2) is 0 Å². The lowest BCUT2D eigenvalue weighted by molar-refractivity contribution is 0.0562. The van der Waals surface area contributed by atoms with Crippen molar-refractivity contribution in [3.63, 3.8) is 0 Å². The maximum Gasteiger partial charge on any atom is 0.0768 e. The molecule has 0 spiro atoms. The van der Waals surface area contributed by atoms with Crippen molar-refractivity contribution in [2.45, 2.75) is 51.5 Å². The molecule has 3 heteroatoms. The Hall–Kier alpha value is -0.150. The third kappa shape index (κ3) is 2.75. The van der Waals surface area contributed by atoms with Crippen molar-refractivity contribution in [3.05, 3.63) is 0 Å². The molecule has 3 atom stereocenters. The standard InChI is InChI=1S/C13H24N2S/c1-10(13(14)16)9-15-8-4-6-11-5-2-3-7-12(11)15/h10-12H,2-9H2,1H3,(H2,14,16). The van der Waals surface area contributed by atoms with E-state index < -0.39 is 0 Å². The molecule has 16 heavy (non-hydrogen) atoms. The van der Waals surface area contributed by atoms with E-state index in [1.54, 1.807) is 0 Å². The van der Waals surface area contributed by atoms with Gasteiger partial charge in [0.2, 0.25) is 0 Å². The molecule has 3 unspecified atom stereocenters. The lowest BCUT2D eigenvalue weighted by Crippen LogP contribution is -2.49. The average molecular weight is 240 g/mol. The Bertz CT molecular complexity index is 252. The first-order valence-electron chi connectivity index (χ1n) is 6.72. The molecule has 2 fully saturated rings. The lowest BCUT2D eigenvalue weighted by atomic mass is 9.78. The smallest absolute Gasteiger partial charge is 0.0768 e. The predicted octanol–water partition coefficient (Wildman–Crippen LogP) is 2.56. The second kappa shape index (κ2) is 5.46. The molecule has 1 saturated carbocycles. The van der Waals surface area contributed by atoms with Crippen LogP contribution in [-0.2, 0) is 0 Å². The summed E-state index contributed by atoms with van der Waals surface area (Å²) in [6, 6.07) is 0.833. The monoisotopic (exact) mass is 240 g/mol. The number of nitrogens with zero attached hydrogens (tertiary/aromatic N) is 1. The molecule has 2 nitrogen and oxygen atoms in total. The molecule has 0 aromatic rings. The Kier molecular flexibility index (Phi) is 4.20. The summed E-state index contributed by atoms with van der Waals surface area (Å²) >= 11 is 5.08. The molecule has 0 amide bonds. The van der Waals surface area contributed by atoms with Gasteiger partial charge in [0, 0.05) is 18.5 Å². The Labute approximate surface area is 105 Å². The number of rotatable bonds is 3. The SMILES string of the molecule is CC(CN1CCCC2CCCCC21)C(N)=S. The molecule has 92 valence electrons. The van der Waals surface area contributed by atoms with E-state index in [2.05, 4.69) is 11.8 Å². The molecule has 0 aromatic carbocycles. The van der Waals surface area contributed by atoms with Gasteiger partial charge in [-0.3, -0.25) is 4.90 Å². The van der Waals surface area contributed by atoms with Gasteiger partial charge in [-0.2, -0.15) is 0 Å². The molecule has 0 radical (unpaired) electrons. The molecule has 2 aliphatic rings. The number of hydrogen-bond acceptors (Lipinski definition) is 2. The van der Waals surface area contributed by atoms with E-state index in [4.69, 9.17) is 18.0 Å². The van der Waals surface area contributed by atoms with E-state index in [1.165, 1.54) is 45.1 Å². The van der Waals surface area contributed by atoms with Crippen LogP contribution < -0.4 is 5.73 Å². The number of thiocarbonyl (C=S) groups is 1. The maximum atomic E-state index is 5.73. The van der Waals surface area contributed by atoms with E-state index in [0.717, 1.165) is 18.5 Å². The van der Waals surface area contributed by atoms with Crippen LogP contribution in [0.2, 0.25) is 0 Å². The minimum Gasteiger partial charge on any atom is -0.393 e. The quantitative estimate of drug-likeness (QED) is 0.769. The van der Waals surface area contributed by atoms with Crippen molar-refractivity contribution in [3.8, 4) is 0 Å². The Morgan fingerprint density at radius 2 is 2.00 bits per heavy atom. The summed E-state index contributed by atoms with van der Waals surface area (Å²) in [5.74, 6) is 1.33. The van der Waals surface area contributed by atoms with Crippen molar-refractivity contribution in [2.75, 3.05) is 13.1 Å². The largest absolute Gasteiger partial charge is 0.393 e. The molecule has 0 aromatic heterocycles. The van der Waals surface area contributed by atoms with Crippen molar-refractivity contribution >= 4 is 17.2 Å². The van der Waals surface area contributed by atoms with Crippen LogP contribution in [-0.4, -0.2) is 29.0 Å². The van der Waals surface area contributed by atoms with Crippen molar-refractivity contribution < 1.29 is 0 Å². The summed E-state index contributed by atoms with van der Waals surface area (Å²) in [4.78, 5) is 3.34. The summed E-state index contributed by atoms with van der Waals surface area (Å²) in [5, 5.41) is 0. The van der Waals surface area contributed by atoms with Gasteiger partial charge >= 0.3 is 0 Å². The van der Waals surface area contributed by atoms with Gasteiger partial charge in [-0.05, 0) is 38.1 Å². The minimum absolute atomic E-state index is 0.371. The molecule has 2 N–H and O–H groups in total. The molecule has 1 aliphatic heterocycles. The van der Waals surface area contributed by atoms with Gasteiger partial charge in [0.15, 0.2) is 0 Å². The van der Waals surface area contributed by atoms with E-state index in [0.29, 0.717) is 10.9 Å². The Balaban J connectivity index is 1.94. The normalized spacial score (nSPS) is 33.1. The topological polar surface area (TPSA) is 29.3 Å². The van der Waals surface area contributed by atoms with E-state index in [-0.39, 0.29) is 0 Å². The van der Waals surface area contributed by atoms with Gasteiger partial charge in [-0.15, -0.1) is 0 Å². The average Bonchev–Trinajstić information content (AvgIpc) is 2.29. The highest BCUT2D eigenvalue weighted by Crippen LogP contribution is 2.35. The highest BCUT2D eigenvalue weighted by atomic mass is 32.1. The van der Waals surface area contributed by atoms with Gasteiger partial charge in [0.25, 0.3) is 0 Å². The van der Waals surface area contributed by atoms with Gasteiger partial charge < -0.3 is 5.73 Å². The highest BCUT2D eigenvalue weighted by molar-refractivity contribution is 7.80. The second-order valence-electron chi connectivity index (χ2n) is 5.55. The number of fused-ring (bicyclic) bond motifs is 1. The number of hydrogen-bond donors (Lipinski definition) is 1. The third-order valence-corrected chi connectivity index (χ3v) is 4.75. The zero-order valence-corrected chi connectivity index (χ0v) is 11.1. The number of likely N-dealkylation sites (tertiary alicyclic amines) is 1. The van der Waals surface area contributed by atoms with Crippen molar-refractivity contribution in [2.24, 2.45) is 17.6 Å². The highest BCUT2D eigenvalue weighted by Gasteiger charge is 2.33. The van der Waals surface area contributed by atoms with Gasteiger partial charge in [0.05, 0.1) is 4.99 Å². The fourth-order valence-corrected chi connectivity index (χ4v) is 3.47. The van der Waals surface area contributed by atoms with Crippen LogP contribution in [0, 0.1) is 11.8 Å². The van der Waals surface area contributed by atoms with Crippen LogP contribution in [0.5, 0.6) is 0 Å². The van der Waals surface area contributed by atoms with E-state index >= 15 is 0 Å². The summed E-state index contributed by atoms with van der Waals surface area (Å²) < 4.78 is 0. The second-order valence-corrected chi connectivity index (χ2v) is 6.02. The predicted molar refractivity (Wildman–Crippen MR) is 72.5 cm³/mol.